The van der Waals surface area contributed by atoms with Crippen molar-refractivity contribution in [1.29, 1.82) is 0 Å². The van der Waals surface area contributed by atoms with Crippen molar-refractivity contribution in [3.05, 3.63) is 30.3 Å². The van der Waals surface area contributed by atoms with Crippen LogP contribution < -0.4 is 5.32 Å². The largest absolute Gasteiger partial charge is 0.507 e. The predicted octanol–water partition coefficient (Wildman–Crippen LogP) is 2.55. The Morgan fingerprint density at radius 3 is 2.41 bits per heavy atom. The highest BCUT2D eigenvalue weighted by atomic mass is 32.3. The van der Waals surface area contributed by atoms with Crippen LogP contribution in [0.5, 0.6) is 0 Å². The fourth-order valence-corrected chi connectivity index (χ4v) is 1.89. The van der Waals surface area contributed by atoms with Gasteiger partial charge in [0.2, 0.25) is 0 Å². The van der Waals surface area contributed by atoms with E-state index in [-0.39, 0.29) is 0 Å². The Kier molecular flexibility index (Phi) is 7.83. The lowest BCUT2D eigenvalue weighted by atomic mass is 10.3. The summed E-state index contributed by atoms with van der Waals surface area (Å²) in [5.41, 5.74) is 1.15. The third-order valence-electron chi connectivity index (χ3n) is 2.13. The van der Waals surface area contributed by atoms with Gasteiger partial charge >= 0.3 is 11.7 Å². The van der Waals surface area contributed by atoms with Gasteiger partial charge in [-0.1, -0.05) is 18.2 Å². The van der Waals surface area contributed by atoms with Crippen LogP contribution in [0.2, 0.25) is 0 Å². The molecule has 0 saturated carbocycles. The van der Waals surface area contributed by atoms with Crippen molar-refractivity contribution in [3.63, 3.8) is 0 Å². The van der Waals surface area contributed by atoms with Crippen molar-refractivity contribution >= 4 is 17.4 Å². The third kappa shape index (κ3) is 6.53. The van der Waals surface area contributed by atoms with Gasteiger partial charge in [0.05, 0.1) is 14.2 Å². The van der Waals surface area contributed by atoms with Crippen LogP contribution >= 0.6 is 0 Å². The first kappa shape index (κ1) is 14.3. The highest BCUT2D eigenvalue weighted by molar-refractivity contribution is 7.82. The Balaban J connectivity index is 1.98. The number of benzene rings is 1. The SMILES string of the molecule is CO[S+](OC)OCCCCNc1ccccc1. The molecule has 17 heavy (non-hydrogen) atoms. The first-order valence-electron chi connectivity index (χ1n) is 5.62. The first-order chi connectivity index (χ1) is 8.36. The van der Waals surface area contributed by atoms with E-state index in [0.717, 1.165) is 25.1 Å². The van der Waals surface area contributed by atoms with Crippen molar-refractivity contribution in [2.45, 2.75) is 12.8 Å². The molecule has 0 aliphatic heterocycles. The van der Waals surface area contributed by atoms with Gasteiger partial charge in [-0.3, -0.25) is 0 Å². The molecule has 1 rings (SSSR count). The summed E-state index contributed by atoms with van der Waals surface area (Å²) in [5.74, 6) is 0. The zero-order chi connectivity index (χ0) is 12.3. The lowest BCUT2D eigenvalue weighted by molar-refractivity contribution is 0.224. The van der Waals surface area contributed by atoms with Crippen LogP contribution in [0.25, 0.3) is 0 Å². The van der Waals surface area contributed by atoms with Gasteiger partial charge in [-0.05, 0) is 25.0 Å². The van der Waals surface area contributed by atoms with Crippen molar-refractivity contribution < 1.29 is 12.5 Å². The molecule has 5 heteroatoms. The Morgan fingerprint density at radius 1 is 1.06 bits per heavy atom. The number of unbranched alkanes of at least 4 members (excludes halogenated alkanes) is 1. The lowest BCUT2D eigenvalue weighted by Crippen LogP contribution is -2.12. The second-order valence-electron chi connectivity index (χ2n) is 3.36. The van der Waals surface area contributed by atoms with Gasteiger partial charge in [-0.15, -0.1) is 12.5 Å². The average Bonchev–Trinajstić information content (AvgIpc) is 2.39. The standard InChI is InChI=1S/C12H20NO3S/c1-14-17(15-2)16-11-7-6-10-13-12-8-4-3-5-9-12/h3-5,8-9,13H,6-7,10-11H2,1-2H3/q+1. The molecule has 0 heterocycles. The molecular formula is C12H20NO3S+. The van der Waals surface area contributed by atoms with Crippen molar-refractivity contribution in [2.75, 3.05) is 32.7 Å². The Labute approximate surface area is 106 Å². The van der Waals surface area contributed by atoms with E-state index in [9.17, 15) is 0 Å². The van der Waals surface area contributed by atoms with Crippen LogP contribution in [-0.4, -0.2) is 27.4 Å². The highest BCUT2D eigenvalue weighted by Crippen LogP contribution is 2.06. The molecule has 0 fully saturated rings. The number of rotatable bonds is 9. The number of para-hydroxylation sites is 1. The minimum Gasteiger partial charge on any atom is -0.385 e. The molecule has 0 saturated heterocycles. The molecule has 0 aliphatic carbocycles. The van der Waals surface area contributed by atoms with Crippen LogP contribution in [0.3, 0.4) is 0 Å². The molecule has 4 nitrogen and oxygen atoms in total. The van der Waals surface area contributed by atoms with E-state index in [4.69, 9.17) is 12.5 Å². The third-order valence-corrected chi connectivity index (χ3v) is 3.03. The van der Waals surface area contributed by atoms with Crippen LogP contribution in [-0.2, 0) is 24.3 Å². The van der Waals surface area contributed by atoms with Crippen LogP contribution in [0.1, 0.15) is 12.8 Å². The van der Waals surface area contributed by atoms with Gasteiger partial charge in [0.1, 0.15) is 6.61 Å². The predicted molar refractivity (Wildman–Crippen MR) is 71.5 cm³/mol. The maximum atomic E-state index is 5.35. The summed E-state index contributed by atoms with van der Waals surface area (Å²) in [6.45, 7) is 1.60. The van der Waals surface area contributed by atoms with Crippen molar-refractivity contribution in [2.24, 2.45) is 0 Å². The smallest absolute Gasteiger partial charge is 0.385 e. The maximum Gasteiger partial charge on any atom is 0.507 e. The number of hydrogen-bond acceptors (Lipinski definition) is 4. The molecule has 0 atom stereocenters. The minimum absolute atomic E-state index is 0.654. The fourth-order valence-electron chi connectivity index (χ4n) is 1.31. The summed E-state index contributed by atoms with van der Waals surface area (Å²) in [6.07, 6.45) is 2.04. The van der Waals surface area contributed by atoms with E-state index in [1.807, 2.05) is 18.2 Å². The summed E-state index contributed by atoms with van der Waals surface area (Å²) in [4.78, 5) is 0. The zero-order valence-corrected chi connectivity index (χ0v) is 11.2. The minimum atomic E-state index is -0.800. The molecule has 1 aromatic carbocycles. The second kappa shape index (κ2) is 9.30. The van der Waals surface area contributed by atoms with Gasteiger partial charge in [-0.2, -0.15) is 0 Å². The Morgan fingerprint density at radius 2 is 1.76 bits per heavy atom. The second-order valence-corrected chi connectivity index (χ2v) is 4.67. The fraction of sp³-hybridized carbons (Fsp3) is 0.500. The zero-order valence-electron chi connectivity index (χ0n) is 10.3. The van der Waals surface area contributed by atoms with Gasteiger partial charge in [-0.25, -0.2) is 0 Å². The Bertz CT molecular complexity index is 280. The number of hydrogen-bond donors (Lipinski definition) is 1. The number of anilines is 1. The van der Waals surface area contributed by atoms with Crippen LogP contribution in [0.15, 0.2) is 30.3 Å². The summed E-state index contributed by atoms with van der Waals surface area (Å²) in [7, 11) is 3.15. The first-order valence-corrected chi connectivity index (χ1v) is 6.62. The molecule has 0 spiro atoms. The monoisotopic (exact) mass is 258 g/mol. The Hall–Kier alpha value is -0.750. The molecule has 0 amide bonds. The van der Waals surface area contributed by atoms with Gasteiger partial charge in [0.25, 0.3) is 0 Å². The van der Waals surface area contributed by atoms with Crippen LogP contribution in [0.4, 0.5) is 5.69 Å². The van der Waals surface area contributed by atoms with E-state index in [2.05, 4.69) is 17.4 Å². The van der Waals surface area contributed by atoms with E-state index < -0.39 is 11.7 Å². The molecule has 0 bridgehead atoms. The summed E-state index contributed by atoms with van der Waals surface area (Å²) < 4.78 is 15.2. The summed E-state index contributed by atoms with van der Waals surface area (Å²) >= 11 is -0.800. The van der Waals surface area contributed by atoms with E-state index in [1.54, 1.807) is 14.2 Å². The van der Waals surface area contributed by atoms with Crippen LogP contribution in [0, 0.1) is 0 Å². The van der Waals surface area contributed by atoms with E-state index in [1.165, 1.54) is 0 Å². The van der Waals surface area contributed by atoms with E-state index in [0.29, 0.717) is 6.61 Å². The molecule has 96 valence electrons. The lowest BCUT2D eigenvalue weighted by Gasteiger charge is -2.04. The van der Waals surface area contributed by atoms with Gasteiger partial charge in [0.15, 0.2) is 0 Å². The number of nitrogens with one attached hydrogen (secondary N) is 1. The normalized spacial score (nSPS) is 10.8. The quantitative estimate of drug-likeness (QED) is 0.546. The molecule has 0 radical (unpaired) electrons. The molecular weight excluding hydrogens is 238 g/mol. The topological polar surface area (TPSA) is 39.7 Å². The van der Waals surface area contributed by atoms with Gasteiger partial charge < -0.3 is 5.32 Å². The molecule has 0 unspecified atom stereocenters. The summed E-state index contributed by atoms with van der Waals surface area (Å²) in [5, 5.41) is 3.34. The average molecular weight is 258 g/mol. The maximum absolute atomic E-state index is 5.35. The van der Waals surface area contributed by atoms with Crippen molar-refractivity contribution in [1.82, 2.24) is 0 Å². The van der Waals surface area contributed by atoms with Gasteiger partial charge in [0, 0.05) is 12.2 Å². The van der Waals surface area contributed by atoms with Crippen molar-refractivity contribution in [3.8, 4) is 0 Å². The molecule has 1 aromatic rings. The molecule has 0 aromatic heterocycles. The molecule has 1 N–H and O–H groups in total. The summed E-state index contributed by atoms with van der Waals surface area (Å²) in [6, 6.07) is 10.2. The molecule has 0 aliphatic rings. The van der Waals surface area contributed by atoms with E-state index >= 15 is 0 Å². The highest BCUT2D eigenvalue weighted by Gasteiger charge is 2.21.